The van der Waals surface area contributed by atoms with Crippen LogP contribution in [0.25, 0.3) is 0 Å². The van der Waals surface area contributed by atoms with Crippen molar-refractivity contribution in [1.29, 1.82) is 0 Å². The van der Waals surface area contributed by atoms with Crippen molar-refractivity contribution in [2.24, 2.45) is 0 Å². The summed E-state index contributed by atoms with van der Waals surface area (Å²) in [6.45, 7) is 0. The summed E-state index contributed by atoms with van der Waals surface area (Å²) in [4.78, 5) is 6.35. The fourth-order valence-electron chi connectivity index (χ4n) is 2.95. The molecule has 0 fully saturated rings. The van der Waals surface area contributed by atoms with Gasteiger partial charge in [0.25, 0.3) is 0 Å². The van der Waals surface area contributed by atoms with Gasteiger partial charge in [-0.25, -0.2) is 4.98 Å². The van der Waals surface area contributed by atoms with Crippen molar-refractivity contribution in [3.63, 3.8) is 0 Å². The number of hydrogen-bond donors (Lipinski definition) is 1. The smallest absolute Gasteiger partial charge is 0.238 e. The monoisotopic (exact) mass is 317 g/mol. The molecule has 22 heavy (non-hydrogen) atoms. The molecule has 0 saturated heterocycles. The van der Waals surface area contributed by atoms with Crippen molar-refractivity contribution < 1.29 is 4.74 Å². The van der Waals surface area contributed by atoms with E-state index < -0.39 is 0 Å². The Kier molecular flexibility index (Phi) is 4.12. The van der Waals surface area contributed by atoms with Gasteiger partial charge in [-0.05, 0) is 49.4 Å². The molecule has 4 nitrogen and oxygen atoms in total. The predicted molar refractivity (Wildman–Crippen MR) is 91.1 cm³/mol. The van der Waals surface area contributed by atoms with Gasteiger partial charge in [-0.1, -0.05) is 11.6 Å². The van der Waals surface area contributed by atoms with Gasteiger partial charge in [0.15, 0.2) is 0 Å². The van der Waals surface area contributed by atoms with Gasteiger partial charge in [-0.2, -0.15) is 0 Å². The molecule has 0 spiro atoms. The molecule has 1 aliphatic carbocycles. The summed E-state index contributed by atoms with van der Waals surface area (Å²) in [6.07, 6.45) is 6.07. The van der Waals surface area contributed by atoms with E-state index in [1.165, 1.54) is 29.7 Å². The van der Waals surface area contributed by atoms with Gasteiger partial charge >= 0.3 is 0 Å². The molecular weight excluding hydrogens is 298 g/mol. The van der Waals surface area contributed by atoms with Gasteiger partial charge in [-0.15, -0.1) is 0 Å². The Morgan fingerprint density at radius 2 is 1.91 bits per heavy atom. The maximum atomic E-state index is 6.17. The zero-order valence-electron chi connectivity index (χ0n) is 12.9. The predicted octanol–water partition coefficient (Wildman–Crippen LogP) is 4.05. The summed E-state index contributed by atoms with van der Waals surface area (Å²) in [6, 6.07) is 5.77. The van der Waals surface area contributed by atoms with Crippen LogP contribution in [0.3, 0.4) is 0 Å². The fourth-order valence-corrected chi connectivity index (χ4v) is 3.16. The summed E-state index contributed by atoms with van der Waals surface area (Å²) in [7, 11) is 4.15. The average molecular weight is 318 g/mol. The molecule has 1 aromatic carbocycles. The van der Waals surface area contributed by atoms with Crippen molar-refractivity contribution in [3.8, 4) is 11.6 Å². The highest BCUT2D eigenvalue weighted by Crippen LogP contribution is 2.38. The minimum absolute atomic E-state index is 0.404. The van der Waals surface area contributed by atoms with E-state index in [1.807, 2.05) is 6.07 Å². The minimum atomic E-state index is 0.404. The van der Waals surface area contributed by atoms with Crippen LogP contribution in [-0.4, -0.2) is 19.1 Å². The molecule has 3 rings (SSSR count). The van der Waals surface area contributed by atoms with Crippen LogP contribution in [-0.2, 0) is 12.8 Å². The second-order valence-electron chi connectivity index (χ2n) is 5.80. The number of pyridine rings is 1. The number of fused-ring (bicyclic) bond motifs is 1. The quantitative estimate of drug-likeness (QED) is 0.927. The van der Waals surface area contributed by atoms with Crippen molar-refractivity contribution in [3.05, 3.63) is 40.5 Å². The highest BCUT2D eigenvalue weighted by atomic mass is 35.5. The van der Waals surface area contributed by atoms with Crippen LogP contribution in [0, 0.1) is 0 Å². The average Bonchev–Trinajstić information content (AvgIpc) is 2.50. The van der Waals surface area contributed by atoms with Gasteiger partial charge in [0.1, 0.15) is 10.8 Å². The molecule has 0 saturated carbocycles. The number of halogens is 1. The number of benzene rings is 1. The first kappa shape index (κ1) is 15.0. The molecule has 0 atom stereocenters. The lowest BCUT2D eigenvalue weighted by Gasteiger charge is -2.25. The summed E-state index contributed by atoms with van der Waals surface area (Å²) in [5, 5.41) is 0.432. The largest absolute Gasteiger partial charge is 0.437 e. The topological polar surface area (TPSA) is 51.4 Å². The molecule has 0 amide bonds. The molecule has 0 bridgehead atoms. The van der Waals surface area contributed by atoms with Crippen LogP contribution in [0.1, 0.15) is 24.0 Å². The third kappa shape index (κ3) is 2.83. The molecule has 2 aromatic rings. The maximum Gasteiger partial charge on any atom is 0.238 e. The molecule has 0 aliphatic heterocycles. The second kappa shape index (κ2) is 6.05. The Bertz CT molecular complexity index is 701. The van der Waals surface area contributed by atoms with Gasteiger partial charge in [0.05, 0.1) is 11.9 Å². The number of nitrogen functional groups attached to an aromatic ring is 1. The highest BCUT2D eigenvalue weighted by molar-refractivity contribution is 6.32. The maximum absolute atomic E-state index is 6.17. The Morgan fingerprint density at radius 3 is 2.59 bits per heavy atom. The highest BCUT2D eigenvalue weighted by Gasteiger charge is 2.20. The van der Waals surface area contributed by atoms with Crippen LogP contribution < -0.4 is 15.4 Å². The number of nitrogens with two attached hydrogens (primary N) is 1. The first-order valence-electron chi connectivity index (χ1n) is 7.47. The van der Waals surface area contributed by atoms with E-state index in [4.69, 9.17) is 22.1 Å². The Hall–Kier alpha value is -1.94. The molecule has 116 valence electrons. The van der Waals surface area contributed by atoms with Crippen molar-refractivity contribution in [1.82, 2.24) is 4.98 Å². The van der Waals surface area contributed by atoms with Gasteiger partial charge in [0.2, 0.25) is 5.88 Å². The molecule has 0 radical (unpaired) electrons. The summed E-state index contributed by atoms with van der Waals surface area (Å²) in [5.41, 5.74) is 10.1. The van der Waals surface area contributed by atoms with Crippen LogP contribution in [0.2, 0.25) is 5.02 Å². The van der Waals surface area contributed by atoms with Crippen LogP contribution >= 0.6 is 11.6 Å². The second-order valence-corrected chi connectivity index (χ2v) is 6.21. The minimum Gasteiger partial charge on any atom is -0.437 e. The molecule has 2 N–H and O–H groups in total. The Labute approximate surface area is 135 Å². The van der Waals surface area contributed by atoms with Gasteiger partial charge in [-0.3, -0.25) is 0 Å². The van der Waals surface area contributed by atoms with Gasteiger partial charge < -0.3 is 15.4 Å². The number of nitrogens with zero attached hydrogens (tertiary/aromatic N) is 2. The van der Waals surface area contributed by atoms with Crippen molar-refractivity contribution in [2.45, 2.75) is 25.7 Å². The number of ether oxygens (including phenoxy) is 1. The SMILES string of the molecule is CN(C)c1ccc(Oc2ncc(N)cc2Cl)c2c1CCCC2. The van der Waals surface area contributed by atoms with E-state index >= 15 is 0 Å². The number of anilines is 2. The van der Waals surface area contributed by atoms with Crippen LogP contribution in [0.5, 0.6) is 11.6 Å². The number of rotatable bonds is 3. The molecule has 0 unspecified atom stereocenters. The normalized spacial score (nSPS) is 13.6. The van der Waals surface area contributed by atoms with E-state index in [-0.39, 0.29) is 0 Å². The molecular formula is C17H20ClN3O. The first-order chi connectivity index (χ1) is 10.6. The van der Waals surface area contributed by atoms with Crippen LogP contribution in [0.15, 0.2) is 24.4 Å². The standard InChI is InChI=1S/C17H20ClN3O/c1-21(2)15-7-8-16(13-6-4-3-5-12(13)15)22-17-14(18)9-11(19)10-20-17/h7-10H,3-6,19H2,1-2H3. The van der Waals surface area contributed by atoms with Crippen molar-refractivity contribution >= 4 is 23.0 Å². The Balaban J connectivity index is 2.01. The zero-order chi connectivity index (χ0) is 15.7. The molecule has 1 aromatic heterocycles. The van der Waals surface area contributed by atoms with E-state index in [1.54, 1.807) is 12.3 Å². The fraction of sp³-hybridized carbons (Fsp3) is 0.353. The lowest BCUT2D eigenvalue weighted by Crippen LogP contribution is -2.15. The van der Waals surface area contributed by atoms with E-state index in [0.29, 0.717) is 16.6 Å². The molecule has 1 aliphatic rings. The summed E-state index contributed by atoms with van der Waals surface area (Å²) in [5.74, 6) is 1.25. The lowest BCUT2D eigenvalue weighted by atomic mass is 9.89. The first-order valence-corrected chi connectivity index (χ1v) is 7.85. The lowest BCUT2D eigenvalue weighted by molar-refractivity contribution is 0.452. The molecule has 1 heterocycles. The van der Waals surface area contributed by atoms with Gasteiger partial charge in [0, 0.05) is 25.3 Å². The van der Waals surface area contributed by atoms with Crippen molar-refractivity contribution in [2.75, 3.05) is 24.7 Å². The third-order valence-electron chi connectivity index (χ3n) is 3.98. The molecule has 5 heteroatoms. The third-order valence-corrected chi connectivity index (χ3v) is 4.25. The summed E-state index contributed by atoms with van der Waals surface area (Å²) >= 11 is 6.17. The van der Waals surface area contributed by atoms with E-state index in [9.17, 15) is 0 Å². The number of hydrogen-bond acceptors (Lipinski definition) is 4. The zero-order valence-corrected chi connectivity index (χ0v) is 13.7. The van der Waals surface area contributed by atoms with E-state index in [2.05, 4.69) is 30.0 Å². The number of aromatic nitrogens is 1. The van der Waals surface area contributed by atoms with Crippen LogP contribution in [0.4, 0.5) is 11.4 Å². The van der Waals surface area contributed by atoms with E-state index in [0.717, 1.165) is 18.6 Å². The Morgan fingerprint density at radius 1 is 1.18 bits per heavy atom. The summed E-state index contributed by atoms with van der Waals surface area (Å²) < 4.78 is 5.98.